The van der Waals surface area contributed by atoms with Crippen molar-refractivity contribution in [2.75, 3.05) is 13.6 Å². The third kappa shape index (κ3) is 5.38. The molecule has 0 radical (unpaired) electrons. The topological polar surface area (TPSA) is 84.0 Å². The van der Waals surface area contributed by atoms with E-state index in [-0.39, 0.29) is 37.1 Å². The van der Waals surface area contributed by atoms with Crippen LogP contribution in [0.4, 0.5) is 0 Å². The van der Waals surface area contributed by atoms with Crippen LogP contribution >= 0.6 is 15.9 Å². The van der Waals surface area contributed by atoms with E-state index in [0.717, 1.165) is 10.5 Å². The molecule has 2 aromatic rings. The zero-order valence-electron chi connectivity index (χ0n) is 17.3. The number of carbonyl (C=O) groups excluding carboxylic acids is 4. The standard InChI is InChI=1S/C23H23BrN2O5/c1-15(21(28)25(2)14-16-7-4-3-5-8-16)31-20(27)9-6-12-26-22(29)18-11-10-17(24)13-19(18)23(26)30/h3-5,7-8,10-11,13,15H,6,9,12,14H2,1-2H3. The van der Waals surface area contributed by atoms with Crippen molar-refractivity contribution in [2.45, 2.75) is 32.4 Å². The van der Waals surface area contributed by atoms with Crippen LogP contribution in [0.1, 0.15) is 46.0 Å². The van der Waals surface area contributed by atoms with Crippen LogP contribution in [-0.4, -0.2) is 53.2 Å². The largest absolute Gasteiger partial charge is 0.453 e. The molecule has 162 valence electrons. The zero-order chi connectivity index (χ0) is 22.5. The lowest BCUT2D eigenvalue weighted by Crippen LogP contribution is -2.37. The molecule has 0 saturated carbocycles. The number of ether oxygens (including phenoxy) is 1. The number of carbonyl (C=O) groups is 4. The van der Waals surface area contributed by atoms with Crippen LogP contribution in [0.2, 0.25) is 0 Å². The molecule has 1 aliphatic heterocycles. The second-order valence-electron chi connectivity index (χ2n) is 7.37. The van der Waals surface area contributed by atoms with Crippen LogP contribution in [-0.2, 0) is 20.9 Å². The number of likely N-dealkylation sites (N-methyl/N-ethyl adjacent to an activating group) is 1. The van der Waals surface area contributed by atoms with Gasteiger partial charge in [0.05, 0.1) is 11.1 Å². The minimum absolute atomic E-state index is 0.00286. The Hall–Kier alpha value is -3.00. The van der Waals surface area contributed by atoms with E-state index in [9.17, 15) is 19.2 Å². The van der Waals surface area contributed by atoms with Gasteiger partial charge in [0.2, 0.25) is 0 Å². The lowest BCUT2D eigenvalue weighted by molar-refractivity contribution is -0.158. The van der Waals surface area contributed by atoms with Crippen molar-refractivity contribution in [3.8, 4) is 0 Å². The van der Waals surface area contributed by atoms with Crippen LogP contribution in [0.3, 0.4) is 0 Å². The highest BCUT2D eigenvalue weighted by molar-refractivity contribution is 9.10. The number of imide groups is 1. The van der Waals surface area contributed by atoms with Gasteiger partial charge in [-0.1, -0.05) is 46.3 Å². The monoisotopic (exact) mass is 486 g/mol. The predicted molar refractivity (Wildman–Crippen MR) is 117 cm³/mol. The maximum atomic E-state index is 12.5. The van der Waals surface area contributed by atoms with E-state index in [2.05, 4.69) is 15.9 Å². The highest BCUT2D eigenvalue weighted by Crippen LogP contribution is 2.26. The Morgan fingerprint density at radius 3 is 2.45 bits per heavy atom. The molecule has 8 heteroatoms. The summed E-state index contributed by atoms with van der Waals surface area (Å²) in [6.07, 6.45) is -0.665. The van der Waals surface area contributed by atoms with Crippen molar-refractivity contribution in [2.24, 2.45) is 0 Å². The van der Waals surface area contributed by atoms with Gasteiger partial charge < -0.3 is 9.64 Å². The van der Waals surface area contributed by atoms with E-state index in [0.29, 0.717) is 22.1 Å². The number of esters is 1. The average molecular weight is 487 g/mol. The Morgan fingerprint density at radius 2 is 1.74 bits per heavy atom. The lowest BCUT2D eigenvalue weighted by Gasteiger charge is -2.21. The molecule has 31 heavy (non-hydrogen) atoms. The molecular weight excluding hydrogens is 464 g/mol. The van der Waals surface area contributed by atoms with E-state index in [1.54, 1.807) is 25.2 Å². The molecule has 0 aliphatic carbocycles. The molecule has 2 aromatic carbocycles. The summed E-state index contributed by atoms with van der Waals surface area (Å²) in [4.78, 5) is 52.1. The van der Waals surface area contributed by atoms with Gasteiger partial charge in [0.25, 0.3) is 17.7 Å². The van der Waals surface area contributed by atoms with E-state index in [1.807, 2.05) is 30.3 Å². The van der Waals surface area contributed by atoms with Crippen molar-refractivity contribution < 1.29 is 23.9 Å². The van der Waals surface area contributed by atoms with Crippen molar-refractivity contribution in [3.05, 3.63) is 69.7 Å². The first kappa shape index (κ1) is 22.7. The summed E-state index contributed by atoms with van der Waals surface area (Å²) in [5.41, 5.74) is 1.68. The summed E-state index contributed by atoms with van der Waals surface area (Å²) >= 11 is 3.29. The summed E-state index contributed by atoms with van der Waals surface area (Å²) in [6, 6.07) is 14.4. The van der Waals surface area contributed by atoms with Crippen molar-refractivity contribution in [1.82, 2.24) is 9.80 Å². The normalized spacial score (nSPS) is 13.7. The van der Waals surface area contributed by atoms with Gasteiger partial charge in [-0.3, -0.25) is 24.1 Å². The molecule has 3 rings (SSSR count). The van der Waals surface area contributed by atoms with Gasteiger partial charge >= 0.3 is 5.97 Å². The Balaban J connectivity index is 1.45. The van der Waals surface area contributed by atoms with Gasteiger partial charge in [-0.05, 0) is 37.1 Å². The molecule has 1 heterocycles. The van der Waals surface area contributed by atoms with Crippen LogP contribution in [0.5, 0.6) is 0 Å². The molecule has 0 saturated heterocycles. The Kier molecular flexibility index (Phi) is 7.22. The maximum Gasteiger partial charge on any atom is 0.306 e. The van der Waals surface area contributed by atoms with Crippen molar-refractivity contribution in [1.29, 1.82) is 0 Å². The van der Waals surface area contributed by atoms with E-state index in [4.69, 9.17) is 4.74 Å². The highest BCUT2D eigenvalue weighted by Gasteiger charge is 2.35. The van der Waals surface area contributed by atoms with Crippen LogP contribution in [0.25, 0.3) is 0 Å². The third-order valence-electron chi connectivity index (χ3n) is 4.99. The van der Waals surface area contributed by atoms with Gasteiger partial charge in [0, 0.05) is 31.0 Å². The molecule has 0 N–H and O–H groups in total. The molecular formula is C23H23BrN2O5. The Bertz CT molecular complexity index is 1010. The number of hydrogen-bond acceptors (Lipinski definition) is 5. The first-order chi connectivity index (χ1) is 14.8. The summed E-state index contributed by atoms with van der Waals surface area (Å²) in [5, 5.41) is 0. The highest BCUT2D eigenvalue weighted by atomic mass is 79.9. The number of benzene rings is 2. The minimum atomic E-state index is -0.919. The third-order valence-corrected chi connectivity index (χ3v) is 5.48. The quantitative estimate of drug-likeness (QED) is 0.421. The second-order valence-corrected chi connectivity index (χ2v) is 8.28. The number of nitrogens with zero attached hydrogens (tertiary/aromatic N) is 2. The van der Waals surface area contributed by atoms with E-state index in [1.165, 1.54) is 11.8 Å². The molecule has 1 atom stereocenters. The van der Waals surface area contributed by atoms with Gasteiger partial charge in [-0.15, -0.1) is 0 Å². The SMILES string of the molecule is CC(OC(=O)CCCN1C(=O)c2ccc(Br)cc2C1=O)C(=O)N(C)Cc1ccccc1. The van der Waals surface area contributed by atoms with E-state index < -0.39 is 12.1 Å². The van der Waals surface area contributed by atoms with Crippen molar-refractivity contribution >= 4 is 39.6 Å². The molecule has 3 amide bonds. The fraction of sp³-hybridized carbons (Fsp3) is 0.304. The fourth-order valence-corrected chi connectivity index (χ4v) is 3.76. The smallest absolute Gasteiger partial charge is 0.306 e. The number of rotatable bonds is 8. The summed E-state index contributed by atoms with van der Waals surface area (Å²) in [6.45, 7) is 2.05. The molecule has 0 bridgehead atoms. The average Bonchev–Trinajstić information content (AvgIpc) is 2.98. The Labute approximate surface area is 189 Å². The first-order valence-electron chi connectivity index (χ1n) is 9.92. The number of fused-ring (bicyclic) bond motifs is 1. The van der Waals surface area contributed by atoms with Crippen molar-refractivity contribution in [3.63, 3.8) is 0 Å². The van der Waals surface area contributed by atoms with Gasteiger partial charge in [-0.25, -0.2) is 0 Å². The molecule has 0 aromatic heterocycles. The van der Waals surface area contributed by atoms with Crippen LogP contribution < -0.4 is 0 Å². The summed E-state index contributed by atoms with van der Waals surface area (Å²) in [7, 11) is 1.65. The van der Waals surface area contributed by atoms with Gasteiger partial charge in [0.15, 0.2) is 6.10 Å². The van der Waals surface area contributed by atoms with E-state index >= 15 is 0 Å². The Morgan fingerprint density at radius 1 is 1.06 bits per heavy atom. The molecule has 7 nitrogen and oxygen atoms in total. The first-order valence-corrected chi connectivity index (χ1v) is 10.7. The van der Waals surface area contributed by atoms with Crippen LogP contribution in [0, 0.1) is 0 Å². The predicted octanol–water partition coefficient (Wildman–Crippen LogP) is 3.42. The fourth-order valence-electron chi connectivity index (χ4n) is 3.40. The number of halogens is 1. The molecule has 1 aliphatic rings. The number of amides is 3. The minimum Gasteiger partial charge on any atom is -0.453 e. The molecule has 0 spiro atoms. The molecule has 1 unspecified atom stereocenters. The summed E-state index contributed by atoms with van der Waals surface area (Å²) < 4.78 is 5.96. The zero-order valence-corrected chi connectivity index (χ0v) is 18.9. The molecule has 0 fully saturated rings. The van der Waals surface area contributed by atoms with Crippen LogP contribution in [0.15, 0.2) is 53.0 Å². The summed E-state index contributed by atoms with van der Waals surface area (Å²) in [5.74, 6) is -1.59. The lowest BCUT2D eigenvalue weighted by atomic mass is 10.1. The number of hydrogen-bond donors (Lipinski definition) is 0. The maximum absolute atomic E-state index is 12.5. The van der Waals surface area contributed by atoms with Gasteiger partial charge in [-0.2, -0.15) is 0 Å². The second kappa shape index (κ2) is 9.87. The van der Waals surface area contributed by atoms with Gasteiger partial charge in [0.1, 0.15) is 0 Å².